The second-order valence-corrected chi connectivity index (χ2v) is 2.88. The molecule has 2 heterocycles. The summed E-state index contributed by atoms with van der Waals surface area (Å²) in [6, 6.07) is 0. The molecule has 5 nitrogen and oxygen atoms in total. The predicted molar refractivity (Wildman–Crippen MR) is 40.7 cm³/mol. The summed E-state index contributed by atoms with van der Waals surface area (Å²) in [6.07, 6.45) is 1.40. The minimum absolute atomic E-state index is 0. The van der Waals surface area contributed by atoms with Crippen LogP contribution in [0.4, 0.5) is 0 Å². The van der Waals surface area contributed by atoms with Gasteiger partial charge in [0.25, 0.3) is 0 Å². The van der Waals surface area contributed by atoms with E-state index in [-0.39, 0.29) is 68.9 Å². The Labute approximate surface area is 123 Å². The molecular weight excluding hydrogens is 213 g/mol. The summed E-state index contributed by atoms with van der Waals surface area (Å²) in [5.74, 6) is -0.629. The van der Waals surface area contributed by atoms with E-state index >= 15 is 0 Å². The van der Waals surface area contributed by atoms with Crippen LogP contribution in [0.3, 0.4) is 0 Å². The molecule has 2 rings (SSSR count). The van der Waals surface area contributed by atoms with Crippen molar-refractivity contribution in [2.75, 3.05) is 6.61 Å². The topological polar surface area (TPSA) is 74.4 Å². The molecule has 14 heavy (non-hydrogen) atoms. The van der Waals surface area contributed by atoms with Gasteiger partial charge in [0.15, 0.2) is 11.5 Å². The first-order chi connectivity index (χ1) is 6.18. The number of carbonyl (C=O) groups is 1. The van der Waals surface area contributed by atoms with Crippen molar-refractivity contribution >= 4 is 5.97 Å². The van der Waals surface area contributed by atoms with E-state index < -0.39 is 5.97 Å². The maximum Gasteiger partial charge on any atom is 1.00 e. The molecule has 1 aliphatic heterocycles. The summed E-state index contributed by atoms with van der Waals surface area (Å²) in [7, 11) is 0. The van der Waals surface area contributed by atoms with Crippen molar-refractivity contribution in [3.05, 3.63) is 11.9 Å². The molecule has 6 heteroatoms. The number of aromatic amines is 1. The minimum atomic E-state index is -1.29. The van der Waals surface area contributed by atoms with Crippen LogP contribution in [0.5, 0.6) is 11.5 Å². The first-order valence-electron chi connectivity index (χ1n) is 3.90. The van der Waals surface area contributed by atoms with Crippen LogP contribution in [-0.2, 0) is 0 Å². The fraction of sp³-hybridized carbons (Fsp3) is 0.375. The molecule has 0 aliphatic carbocycles. The van der Waals surface area contributed by atoms with E-state index in [1.165, 1.54) is 6.20 Å². The van der Waals surface area contributed by atoms with Gasteiger partial charge in [-0.2, -0.15) is 0 Å². The molecule has 0 amide bonds. The monoisotopic (exact) mass is 221 g/mol. The fourth-order valence-corrected chi connectivity index (χ4v) is 1.23. The van der Waals surface area contributed by atoms with Gasteiger partial charge in [0, 0.05) is 6.20 Å². The van der Waals surface area contributed by atoms with E-state index in [9.17, 15) is 9.90 Å². The molecule has 0 radical (unpaired) electrons. The standard InChI is InChI=1S/C8H9NO4.K/c1-4-3-12-7-5(13-4)2-9-6(7)8(10)11;/h2,4,9H,3H2,1H3,(H,10,11);/q;+1/p-1. The summed E-state index contributed by atoms with van der Waals surface area (Å²) in [5, 5.41) is 10.5. The molecule has 0 spiro atoms. The normalized spacial score (nSPS) is 18.5. The van der Waals surface area contributed by atoms with Crippen molar-refractivity contribution in [3.63, 3.8) is 0 Å². The number of ether oxygens (including phenoxy) is 2. The molecule has 0 aromatic carbocycles. The largest absolute Gasteiger partial charge is 1.00 e. The Morgan fingerprint density at radius 2 is 2.43 bits per heavy atom. The van der Waals surface area contributed by atoms with Crippen LogP contribution in [0.1, 0.15) is 17.4 Å². The van der Waals surface area contributed by atoms with Gasteiger partial charge in [-0.25, -0.2) is 0 Å². The molecule has 1 aromatic rings. The molecule has 0 saturated carbocycles. The average molecular weight is 221 g/mol. The third kappa shape index (κ3) is 2.14. The van der Waals surface area contributed by atoms with Gasteiger partial charge in [-0.3, -0.25) is 0 Å². The number of nitrogens with one attached hydrogen (secondary N) is 1. The zero-order chi connectivity index (χ0) is 9.42. The summed E-state index contributed by atoms with van der Waals surface area (Å²) in [5.41, 5.74) is -0.0677. The van der Waals surface area contributed by atoms with Gasteiger partial charge >= 0.3 is 51.4 Å². The number of rotatable bonds is 1. The number of carbonyl (C=O) groups excluding carboxylic acids is 1. The first kappa shape index (κ1) is 12.1. The zero-order valence-corrected chi connectivity index (χ0v) is 11.1. The van der Waals surface area contributed by atoms with Gasteiger partial charge in [-0.05, 0) is 6.92 Å². The van der Waals surface area contributed by atoms with Gasteiger partial charge in [-0.1, -0.05) is 0 Å². The third-order valence-corrected chi connectivity index (χ3v) is 1.79. The molecule has 1 N–H and O–H groups in total. The molecule has 1 aromatic heterocycles. The molecule has 1 unspecified atom stereocenters. The van der Waals surface area contributed by atoms with Crippen molar-refractivity contribution < 1.29 is 70.8 Å². The number of aromatic nitrogens is 1. The summed E-state index contributed by atoms with van der Waals surface area (Å²) < 4.78 is 10.5. The molecular formula is C8H8KNO4. The Hall–Kier alpha value is -0.0136. The van der Waals surface area contributed by atoms with Crippen LogP contribution < -0.4 is 66.0 Å². The van der Waals surface area contributed by atoms with Crippen molar-refractivity contribution in [1.29, 1.82) is 0 Å². The van der Waals surface area contributed by atoms with Crippen molar-refractivity contribution in [3.8, 4) is 11.5 Å². The Morgan fingerprint density at radius 3 is 3.07 bits per heavy atom. The van der Waals surface area contributed by atoms with Gasteiger partial charge in [0.1, 0.15) is 18.4 Å². The van der Waals surface area contributed by atoms with E-state index in [0.717, 1.165) is 0 Å². The minimum Gasteiger partial charge on any atom is -0.543 e. The van der Waals surface area contributed by atoms with Crippen LogP contribution in [0.2, 0.25) is 0 Å². The van der Waals surface area contributed by atoms with Gasteiger partial charge in [0.2, 0.25) is 0 Å². The summed E-state index contributed by atoms with van der Waals surface area (Å²) in [6.45, 7) is 2.19. The average Bonchev–Trinajstić information content (AvgIpc) is 2.46. The van der Waals surface area contributed by atoms with E-state index in [4.69, 9.17) is 9.47 Å². The number of carboxylic acids is 1. The number of aromatic carboxylic acids is 1. The van der Waals surface area contributed by atoms with E-state index in [2.05, 4.69) is 4.98 Å². The Morgan fingerprint density at radius 1 is 1.71 bits per heavy atom. The van der Waals surface area contributed by atoms with E-state index in [1.807, 2.05) is 6.92 Å². The maximum absolute atomic E-state index is 10.5. The van der Waals surface area contributed by atoms with Crippen LogP contribution in [0, 0.1) is 0 Å². The second-order valence-electron chi connectivity index (χ2n) is 2.88. The van der Waals surface area contributed by atoms with Gasteiger partial charge in [-0.15, -0.1) is 0 Å². The van der Waals surface area contributed by atoms with Crippen LogP contribution in [-0.4, -0.2) is 23.7 Å². The smallest absolute Gasteiger partial charge is 0.543 e. The summed E-state index contributed by atoms with van der Waals surface area (Å²) in [4.78, 5) is 13.1. The van der Waals surface area contributed by atoms with Gasteiger partial charge in [0.05, 0.1) is 5.97 Å². The Bertz CT molecular complexity index is 349. The van der Waals surface area contributed by atoms with Gasteiger partial charge < -0.3 is 24.4 Å². The van der Waals surface area contributed by atoms with Crippen LogP contribution in [0.15, 0.2) is 6.20 Å². The number of H-pyrrole nitrogens is 1. The van der Waals surface area contributed by atoms with Crippen molar-refractivity contribution in [2.45, 2.75) is 13.0 Å². The van der Waals surface area contributed by atoms with E-state index in [1.54, 1.807) is 0 Å². The fourth-order valence-electron chi connectivity index (χ4n) is 1.23. The molecule has 1 aliphatic rings. The molecule has 0 fully saturated rings. The van der Waals surface area contributed by atoms with E-state index in [0.29, 0.717) is 12.4 Å². The molecule has 1 atom stereocenters. The van der Waals surface area contributed by atoms with Crippen LogP contribution in [0.25, 0.3) is 0 Å². The Kier molecular flexibility index (Phi) is 4.02. The zero-order valence-electron chi connectivity index (χ0n) is 7.99. The number of carboxylic acid groups (broad SMARTS) is 1. The third-order valence-electron chi connectivity index (χ3n) is 1.79. The molecule has 0 saturated heterocycles. The quantitative estimate of drug-likeness (QED) is 0.500. The number of hydrogen-bond donors (Lipinski definition) is 1. The van der Waals surface area contributed by atoms with Crippen molar-refractivity contribution in [2.24, 2.45) is 0 Å². The Balaban J connectivity index is 0.000000980. The van der Waals surface area contributed by atoms with Crippen LogP contribution >= 0.6 is 0 Å². The maximum atomic E-state index is 10.5. The van der Waals surface area contributed by atoms with Crippen molar-refractivity contribution in [1.82, 2.24) is 4.98 Å². The number of hydrogen-bond acceptors (Lipinski definition) is 4. The second kappa shape index (κ2) is 4.67. The molecule has 0 bridgehead atoms. The number of fused-ring (bicyclic) bond motifs is 1. The summed E-state index contributed by atoms with van der Waals surface area (Å²) >= 11 is 0. The first-order valence-corrected chi connectivity index (χ1v) is 3.90. The SMILES string of the molecule is CC1COc2c(c[nH]c2C(=O)[O-])O1.[K+]. The molecule has 70 valence electrons. The predicted octanol–water partition coefficient (Wildman–Crippen LogP) is -3.46.